The lowest BCUT2D eigenvalue weighted by Gasteiger charge is -2.21. The summed E-state index contributed by atoms with van der Waals surface area (Å²) in [6.07, 6.45) is 1.96. The highest BCUT2D eigenvalue weighted by Gasteiger charge is 2.19. The molecule has 0 unspecified atom stereocenters. The van der Waals surface area contributed by atoms with Gasteiger partial charge in [-0.1, -0.05) is 32.9 Å². The van der Waals surface area contributed by atoms with Crippen molar-refractivity contribution in [3.63, 3.8) is 0 Å². The lowest BCUT2D eigenvalue weighted by Crippen LogP contribution is -2.35. The highest BCUT2D eigenvalue weighted by atomic mass is 32.1. The number of halogens is 1. The summed E-state index contributed by atoms with van der Waals surface area (Å²) in [4.78, 5) is 2.40. The summed E-state index contributed by atoms with van der Waals surface area (Å²) in [5.41, 5.74) is 5.02. The molecule has 0 fully saturated rings. The molecule has 0 amide bonds. The van der Waals surface area contributed by atoms with Crippen LogP contribution in [0.3, 0.4) is 0 Å². The van der Waals surface area contributed by atoms with Gasteiger partial charge in [-0.25, -0.2) is 4.39 Å². The average Bonchev–Trinajstić information content (AvgIpc) is 3.01. The molecule has 2 N–H and O–H groups in total. The summed E-state index contributed by atoms with van der Waals surface area (Å²) < 4.78 is 13.0. The first-order chi connectivity index (χ1) is 12.8. The van der Waals surface area contributed by atoms with Crippen LogP contribution in [0.1, 0.15) is 31.9 Å². The molecule has 3 nitrogen and oxygen atoms in total. The first-order valence-electron chi connectivity index (χ1n) is 9.47. The fourth-order valence-corrected chi connectivity index (χ4v) is 3.41. The van der Waals surface area contributed by atoms with Crippen LogP contribution in [-0.4, -0.2) is 24.7 Å². The summed E-state index contributed by atoms with van der Waals surface area (Å²) in [7, 11) is 0. The molecule has 27 heavy (non-hydrogen) atoms. The van der Waals surface area contributed by atoms with E-state index in [2.05, 4.69) is 54.5 Å². The Balaban J connectivity index is 1.56. The number of hydrogen-bond donors (Lipinski definition) is 2. The number of hydrogen-bond acceptors (Lipinski definition) is 2. The standard InChI is InChI=1S/C22H28FN3S/c1-22(2,3)15-24-21(27)25-19-8-9-20-17(14-19)11-13-26(20)12-10-16-4-6-18(23)7-5-16/h4-9,14H,10-13,15H2,1-3H3,(H2,24,25,27). The number of nitrogens with one attached hydrogen (secondary N) is 2. The van der Waals surface area contributed by atoms with Crippen molar-refractivity contribution in [2.45, 2.75) is 33.6 Å². The van der Waals surface area contributed by atoms with Gasteiger partial charge in [0.2, 0.25) is 0 Å². The summed E-state index contributed by atoms with van der Waals surface area (Å²) in [6.45, 7) is 9.33. The predicted octanol–water partition coefficient (Wildman–Crippen LogP) is 4.76. The summed E-state index contributed by atoms with van der Waals surface area (Å²) in [6, 6.07) is 13.2. The van der Waals surface area contributed by atoms with Gasteiger partial charge in [-0.15, -0.1) is 0 Å². The third-order valence-corrected chi connectivity index (χ3v) is 4.94. The monoisotopic (exact) mass is 385 g/mol. The van der Waals surface area contributed by atoms with E-state index in [1.54, 1.807) is 0 Å². The van der Waals surface area contributed by atoms with Gasteiger partial charge in [0.05, 0.1) is 0 Å². The molecule has 0 saturated heterocycles. The van der Waals surface area contributed by atoms with Gasteiger partial charge in [-0.2, -0.15) is 0 Å². The van der Waals surface area contributed by atoms with Crippen LogP contribution in [-0.2, 0) is 12.8 Å². The molecule has 0 atom stereocenters. The van der Waals surface area contributed by atoms with Crippen molar-refractivity contribution < 1.29 is 4.39 Å². The van der Waals surface area contributed by atoms with Crippen molar-refractivity contribution >= 4 is 28.7 Å². The molecule has 2 aromatic carbocycles. The second-order valence-corrected chi connectivity index (χ2v) is 8.73. The van der Waals surface area contributed by atoms with Crippen LogP contribution < -0.4 is 15.5 Å². The van der Waals surface area contributed by atoms with E-state index in [-0.39, 0.29) is 11.2 Å². The molecule has 0 radical (unpaired) electrons. The topological polar surface area (TPSA) is 27.3 Å². The molecule has 0 aliphatic carbocycles. The minimum Gasteiger partial charge on any atom is -0.371 e. The SMILES string of the molecule is CC(C)(C)CNC(=S)Nc1ccc2c(c1)CCN2CCc1ccc(F)cc1. The van der Waals surface area contributed by atoms with Crippen LogP contribution in [0.5, 0.6) is 0 Å². The number of anilines is 2. The molecule has 2 aromatic rings. The van der Waals surface area contributed by atoms with Gasteiger partial charge in [0.15, 0.2) is 5.11 Å². The predicted molar refractivity (Wildman–Crippen MR) is 116 cm³/mol. The van der Waals surface area contributed by atoms with Crippen molar-refractivity contribution in [3.8, 4) is 0 Å². The summed E-state index contributed by atoms with van der Waals surface area (Å²) in [5.74, 6) is -0.180. The molecule has 1 heterocycles. The zero-order valence-electron chi connectivity index (χ0n) is 16.3. The van der Waals surface area contributed by atoms with Crippen LogP contribution >= 0.6 is 12.2 Å². The first-order valence-corrected chi connectivity index (χ1v) is 9.88. The van der Waals surface area contributed by atoms with Gasteiger partial charge in [-0.3, -0.25) is 0 Å². The minimum atomic E-state index is -0.180. The third kappa shape index (κ3) is 5.67. The van der Waals surface area contributed by atoms with Crippen LogP contribution in [0.2, 0.25) is 0 Å². The summed E-state index contributed by atoms with van der Waals surface area (Å²) >= 11 is 5.40. The van der Waals surface area contributed by atoms with E-state index in [0.29, 0.717) is 5.11 Å². The Hall–Kier alpha value is -2.14. The van der Waals surface area contributed by atoms with Gasteiger partial charge in [0, 0.05) is 31.0 Å². The molecular formula is C22H28FN3S. The highest BCUT2D eigenvalue weighted by molar-refractivity contribution is 7.80. The Morgan fingerprint density at radius 1 is 1.15 bits per heavy atom. The van der Waals surface area contributed by atoms with Gasteiger partial charge in [0.25, 0.3) is 0 Å². The minimum absolute atomic E-state index is 0.180. The van der Waals surface area contributed by atoms with Gasteiger partial charge in [0.1, 0.15) is 5.82 Å². The average molecular weight is 386 g/mol. The van der Waals surface area contributed by atoms with E-state index in [1.165, 1.54) is 28.9 Å². The number of fused-ring (bicyclic) bond motifs is 1. The van der Waals surface area contributed by atoms with Crippen molar-refractivity contribution in [2.24, 2.45) is 5.41 Å². The Kier molecular flexibility index (Phi) is 6.00. The van der Waals surface area contributed by atoms with Crippen molar-refractivity contribution in [1.29, 1.82) is 0 Å². The molecule has 0 bridgehead atoms. The van der Waals surface area contributed by atoms with Gasteiger partial charge in [-0.05, 0) is 71.9 Å². The normalized spacial score (nSPS) is 13.4. The molecule has 1 aliphatic heterocycles. The maximum Gasteiger partial charge on any atom is 0.170 e. The maximum absolute atomic E-state index is 13.0. The van der Waals surface area contributed by atoms with E-state index in [1.807, 2.05) is 12.1 Å². The van der Waals surface area contributed by atoms with Gasteiger partial charge < -0.3 is 15.5 Å². The molecular weight excluding hydrogens is 357 g/mol. The van der Waals surface area contributed by atoms with Crippen molar-refractivity contribution in [3.05, 3.63) is 59.4 Å². The lowest BCUT2D eigenvalue weighted by atomic mass is 9.97. The van der Waals surface area contributed by atoms with Crippen molar-refractivity contribution in [1.82, 2.24) is 5.32 Å². The Morgan fingerprint density at radius 3 is 2.59 bits per heavy atom. The third-order valence-electron chi connectivity index (χ3n) is 4.69. The molecule has 3 rings (SSSR count). The van der Waals surface area contributed by atoms with E-state index in [0.717, 1.165) is 38.2 Å². The maximum atomic E-state index is 13.0. The molecule has 0 aromatic heterocycles. The zero-order chi connectivity index (χ0) is 19.4. The fraction of sp³-hybridized carbons (Fsp3) is 0.409. The van der Waals surface area contributed by atoms with E-state index < -0.39 is 0 Å². The summed E-state index contributed by atoms with van der Waals surface area (Å²) in [5, 5.41) is 7.22. The number of nitrogens with zero attached hydrogens (tertiary/aromatic N) is 1. The number of thiocarbonyl (C=S) groups is 1. The first kappa shape index (κ1) is 19.6. The largest absolute Gasteiger partial charge is 0.371 e. The second-order valence-electron chi connectivity index (χ2n) is 8.33. The van der Waals surface area contributed by atoms with Crippen LogP contribution in [0, 0.1) is 11.2 Å². The van der Waals surface area contributed by atoms with E-state index in [4.69, 9.17) is 12.2 Å². The number of benzene rings is 2. The fourth-order valence-electron chi connectivity index (χ4n) is 3.22. The smallest absolute Gasteiger partial charge is 0.170 e. The molecule has 144 valence electrons. The molecule has 1 aliphatic rings. The van der Waals surface area contributed by atoms with Crippen LogP contribution in [0.4, 0.5) is 15.8 Å². The lowest BCUT2D eigenvalue weighted by molar-refractivity contribution is 0.409. The zero-order valence-corrected chi connectivity index (χ0v) is 17.1. The number of rotatable bonds is 5. The van der Waals surface area contributed by atoms with E-state index in [9.17, 15) is 4.39 Å². The second kappa shape index (κ2) is 8.26. The molecule has 0 saturated carbocycles. The Morgan fingerprint density at radius 2 is 1.89 bits per heavy atom. The molecule has 5 heteroatoms. The van der Waals surface area contributed by atoms with E-state index >= 15 is 0 Å². The van der Waals surface area contributed by atoms with Gasteiger partial charge >= 0.3 is 0 Å². The van der Waals surface area contributed by atoms with Crippen molar-refractivity contribution in [2.75, 3.05) is 29.9 Å². The highest BCUT2D eigenvalue weighted by Crippen LogP contribution is 2.30. The van der Waals surface area contributed by atoms with Crippen LogP contribution in [0.15, 0.2) is 42.5 Å². The Labute approximate surface area is 167 Å². The van der Waals surface area contributed by atoms with Crippen LogP contribution in [0.25, 0.3) is 0 Å². The Bertz CT molecular complexity index is 796. The quantitative estimate of drug-likeness (QED) is 0.726. The molecule has 0 spiro atoms.